The number of ether oxygens (including phenoxy) is 1. The first kappa shape index (κ1) is 17.6. The second-order valence-electron chi connectivity index (χ2n) is 5.96. The van der Waals surface area contributed by atoms with Crippen LogP contribution < -0.4 is 5.32 Å². The quantitative estimate of drug-likeness (QED) is 0.536. The highest BCUT2D eigenvalue weighted by Crippen LogP contribution is 2.31. The molecule has 1 aliphatic heterocycles. The normalized spacial score (nSPS) is 19.0. The van der Waals surface area contributed by atoms with E-state index in [1.165, 1.54) is 4.90 Å². The van der Waals surface area contributed by atoms with Crippen LogP contribution in [-0.4, -0.2) is 48.4 Å². The van der Waals surface area contributed by atoms with Crippen molar-refractivity contribution in [2.45, 2.75) is 53.0 Å². The molecule has 1 heterocycles. The van der Waals surface area contributed by atoms with Gasteiger partial charge in [0.1, 0.15) is 6.04 Å². The maximum Gasteiger partial charge on any atom is 0.323 e. The average molecular weight is 298 g/mol. The zero-order chi connectivity index (χ0) is 16.0. The van der Waals surface area contributed by atoms with Gasteiger partial charge >= 0.3 is 5.97 Å². The van der Waals surface area contributed by atoms with Crippen molar-refractivity contribution < 1.29 is 19.1 Å². The second kappa shape index (κ2) is 7.54. The van der Waals surface area contributed by atoms with Gasteiger partial charge in [0.05, 0.1) is 12.0 Å². The summed E-state index contributed by atoms with van der Waals surface area (Å²) in [7, 11) is 0. The number of imide groups is 1. The van der Waals surface area contributed by atoms with Crippen molar-refractivity contribution in [3.63, 3.8) is 0 Å². The van der Waals surface area contributed by atoms with Crippen LogP contribution >= 0.6 is 0 Å². The third-order valence-electron chi connectivity index (χ3n) is 3.57. The van der Waals surface area contributed by atoms with Crippen molar-refractivity contribution in [3.05, 3.63) is 0 Å². The van der Waals surface area contributed by atoms with Gasteiger partial charge in [0.2, 0.25) is 11.8 Å². The number of hydrogen-bond donors (Lipinski definition) is 1. The molecule has 6 heteroatoms. The topological polar surface area (TPSA) is 75.7 Å². The number of esters is 1. The SMILES string of the molecule is CCCNC(CCN1C(=O)CC(C)(C)C1=O)C(=O)OCC. The molecule has 0 spiro atoms. The van der Waals surface area contributed by atoms with Gasteiger partial charge in [0, 0.05) is 13.0 Å². The monoisotopic (exact) mass is 298 g/mol. The van der Waals surface area contributed by atoms with Crippen LogP contribution in [0.3, 0.4) is 0 Å². The third kappa shape index (κ3) is 4.52. The van der Waals surface area contributed by atoms with E-state index >= 15 is 0 Å². The number of rotatable bonds is 8. The first-order chi connectivity index (χ1) is 9.83. The highest BCUT2D eigenvalue weighted by molar-refractivity contribution is 6.05. The Labute approximate surface area is 126 Å². The van der Waals surface area contributed by atoms with Gasteiger partial charge in [-0.25, -0.2) is 0 Å². The Kier molecular flexibility index (Phi) is 6.33. The van der Waals surface area contributed by atoms with E-state index < -0.39 is 11.5 Å². The minimum absolute atomic E-state index is 0.161. The summed E-state index contributed by atoms with van der Waals surface area (Å²) in [6.45, 7) is 8.56. The number of carbonyl (C=O) groups is 3. The molecule has 0 aromatic rings. The molecular formula is C15H26N2O4. The Morgan fingerprint density at radius 1 is 1.38 bits per heavy atom. The molecule has 1 fully saturated rings. The van der Waals surface area contributed by atoms with Gasteiger partial charge < -0.3 is 10.1 Å². The Hall–Kier alpha value is -1.43. The predicted molar refractivity (Wildman–Crippen MR) is 78.4 cm³/mol. The smallest absolute Gasteiger partial charge is 0.323 e. The van der Waals surface area contributed by atoms with E-state index in [4.69, 9.17) is 4.74 Å². The van der Waals surface area contributed by atoms with Crippen molar-refractivity contribution in [1.29, 1.82) is 0 Å². The molecule has 21 heavy (non-hydrogen) atoms. The van der Waals surface area contributed by atoms with Crippen molar-refractivity contribution in [2.75, 3.05) is 19.7 Å². The molecule has 0 aromatic heterocycles. The molecular weight excluding hydrogens is 272 g/mol. The summed E-state index contributed by atoms with van der Waals surface area (Å²) in [5, 5.41) is 3.10. The zero-order valence-electron chi connectivity index (χ0n) is 13.4. The van der Waals surface area contributed by atoms with Gasteiger partial charge in [-0.15, -0.1) is 0 Å². The lowest BCUT2D eigenvalue weighted by molar-refractivity contribution is -0.147. The van der Waals surface area contributed by atoms with Crippen LogP contribution in [0, 0.1) is 5.41 Å². The van der Waals surface area contributed by atoms with Gasteiger partial charge in [0.15, 0.2) is 0 Å². The molecule has 1 atom stereocenters. The lowest BCUT2D eigenvalue weighted by Gasteiger charge is -2.21. The van der Waals surface area contributed by atoms with E-state index in [0.29, 0.717) is 19.6 Å². The lowest BCUT2D eigenvalue weighted by atomic mass is 9.92. The summed E-state index contributed by atoms with van der Waals surface area (Å²) in [5.74, 6) is -0.655. The van der Waals surface area contributed by atoms with Crippen LogP contribution in [0.15, 0.2) is 0 Å². The fourth-order valence-corrected chi connectivity index (χ4v) is 2.38. The highest BCUT2D eigenvalue weighted by atomic mass is 16.5. The predicted octanol–water partition coefficient (Wildman–Crippen LogP) is 1.09. The van der Waals surface area contributed by atoms with Gasteiger partial charge in [-0.2, -0.15) is 0 Å². The van der Waals surface area contributed by atoms with Crippen molar-refractivity contribution >= 4 is 17.8 Å². The van der Waals surface area contributed by atoms with E-state index in [1.54, 1.807) is 20.8 Å². The summed E-state index contributed by atoms with van der Waals surface area (Å²) in [6, 6.07) is -0.478. The van der Waals surface area contributed by atoms with Crippen LogP contribution in [-0.2, 0) is 19.1 Å². The molecule has 0 aliphatic carbocycles. The fraction of sp³-hybridized carbons (Fsp3) is 0.800. The number of amides is 2. The lowest BCUT2D eigenvalue weighted by Crippen LogP contribution is -2.43. The number of carbonyl (C=O) groups excluding carboxylic acids is 3. The molecule has 120 valence electrons. The summed E-state index contributed by atoms with van der Waals surface area (Å²) in [6.07, 6.45) is 1.51. The summed E-state index contributed by atoms with van der Waals surface area (Å²) in [5.41, 5.74) is -0.632. The molecule has 1 unspecified atom stereocenters. The Bertz CT molecular complexity index is 406. The molecule has 0 aromatic carbocycles. The van der Waals surface area contributed by atoms with Gasteiger partial charge in [-0.1, -0.05) is 20.8 Å². The first-order valence-corrected chi connectivity index (χ1v) is 7.58. The number of nitrogens with zero attached hydrogens (tertiary/aromatic N) is 1. The zero-order valence-corrected chi connectivity index (χ0v) is 13.4. The average Bonchev–Trinajstić information content (AvgIpc) is 2.60. The molecule has 1 aliphatic rings. The van der Waals surface area contributed by atoms with Gasteiger partial charge in [-0.3, -0.25) is 19.3 Å². The number of likely N-dealkylation sites (tertiary alicyclic amines) is 1. The maximum atomic E-state index is 12.1. The fourth-order valence-electron chi connectivity index (χ4n) is 2.38. The van der Waals surface area contributed by atoms with Crippen LogP contribution in [0.1, 0.15) is 47.0 Å². The Balaban J connectivity index is 2.62. The highest BCUT2D eigenvalue weighted by Gasteiger charge is 2.44. The summed E-state index contributed by atoms with van der Waals surface area (Å²) < 4.78 is 5.02. The van der Waals surface area contributed by atoms with Crippen LogP contribution in [0.2, 0.25) is 0 Å². The third-order valence-corrected chi connectivity index (χ3v) is 3.57. The van der Waals surface area contributed by atoms with E-state index in [0.717, 1.165) is 6.42 Å². The molecule has 0 saturated carbocycles. The summed E-state index contributed by atoms with van der Waals surface area (Å²) >= 11 is 0. The first-order valence-electron chi connectivity index (χ1n) is 7.58. The van der Waals surface area contributed by atoms with Crippen molar-refractivity contribution in [3.8, 4) is 0 Å². The maximum absolute atomic E-state index is 12.1. The van der Waals surface area contributed by atoms with Gasteiger partial charge in [0.25, 0.3) is 0 Å². The van der Waals surface area contributed by atoms with E-state index in [9.17, 15) is 14.4 Å². The molecule has 2 amide bonds. The minimum Gasteiger partial charge on any atom is -0.465 e. The minimum atomic E-state index is -0.632. The number of nitrogens with one attached hydrogen (secondary N) is 1. The standard InChI is InChI=1S/C15H26N2O4/c1-5-8-16-11(13(19)21-6-2)7-9-17-12(18)10-15(3,4)14(17)20/h11,16H,5-10H2,1-4H3. The molecule has 1 rings (SSSR count). The van der Waals surface area contributed by atoms with Crippen LogP contribution in [0.4, 0.5) is 0 Å². The number of hydrogen-bond acceptors (Lipinski definition) is 5. The molecule has 0 bridgehead atoms. The van der Waals surface area contributed by atoms with E-state index in [-0.39, 0.29) is 30.7 Å². The molecule has 1 N–H and O–H groups in total. The van der Waals surface area contributed by atoms with Crippen LogP contribution in [0.25, 0.3) is 0 Å². The Morgan fingerprint density at radius 3 is 2.52 bits per heavy atom. The van der Waals surface area contributed by atoms with E-state index in [2.05, 4.69) is 5.32 Å². The van der Waals surface area contributed by atoms with Crippen LogP contribution in [0.5, 0.6) is 0 Å². The molecule has 1 saturated heterocycles. The molecule has 6 nitrogen and oxygen atoms in total. The summed E-state index contributed by atoms with van der Waals surface area (Å²) in [4.78, 5) is 37.2. The van der Waals surface area contributed by atoms with Crippen molar-refractivity contribution in [1.82, 2.24) is 10.2 Å². The van der Waals surface area contributed by atoms with E-state index in [1.807, 2.05) is 6.92 Å². The van der Waals surface area contributed by atoms with Gasteiger partial charge in [-0.05, 0) is 26.3 Å². The second-order valence-corrected chi connectivity index (χ2v) is 5.96. The largest absolute Gasteiger partial charge is 0.465 e. The Morgan fingerprint density at radius 2 is 2.05 bits per heavy atom. The molecule has 0 radical (unpaired) electrons. The van der Waals surface area contributed by atoms with Crippen molar-refractivity contribution in [2.24, 2.45) is 5.41 Å².